The smallest absolute Gasteiger partial charge is 0.161 e. The van der Waals surface area contributed by atoms with Gasteiger partial charge in [0.25, 0.3) is 0 Å². The van der Waals surface area contributed by atoms with Gasteiger partial charge in [0.05, 0.1) is 27.4 Å². The molecular formula is C12H16O3S. The van der Waals surface area contributed by atoms with E-state index in [9.17, 15) is 0 Å². The van der Waals surface area contributed by atoms with Gasteiger partial charge >= 0.3 is 0 Å². The molecule has 1 saturated heterocycles. The SMILES string of the molecule is COc1ccc(SCC2COC2)cc1OC. The number of hydrogen-bond donors (Lipinski definition) is 0. The molecule has 0 radical (unpaired) electrons. The molecule has 1 aliphatic rings. The Morgan fingerprint density at radius 1 is 1.25 bits per heavy atom. The van der Waals surface area contributed by atoms with Crippen LogP contribution in [0.25, 0.3) is 0 Å². The van der Waals surface area contributed by atoms with E-state index in [4.69, 9.17) is 14.2 Å². The predicted molar refractivity (Wildman–Crippen MR) is 64.6 cm³/mol. The summed E-state index contributed by atoms with van der Waals surface area (Å²) in [4.78, 5) is 1.21. The highest BCUT2D eigenvalue weighted by atomic mass is 32.2. The van der Waals surface area contributed by atoms with Gasteiger partial charge in [-0.2, -0.15) is 0 Å². The van der Waals surface area contributed by atoms with E-state index >= 15 is 0 Å². The second kappa shape index (κ2) is 5.46. The molecule has 0 amide bonds. The Labute approximate surface area is 100 Å². The topological polar surface area (TPSA) is 27.7 Å². The van der Waals surface area contributed by atoms with Crippen molar-refractivity contribution in [2.45, 2.75) is 4.90 Å². The Bertz CT molecular complexity index is 350. The van der Waals surface area contributed by atoms with Crippen molar-refractivity contribution in [3.05, 3.63) is 18.2 Å². The highest BCUT2D eigenvalue weighted by Gasteiger charge is 2.18. The molecule has 1 aromatic rings. The lowest BCUT2D eigenvalue weighted by Crippen LogP contribution is -2.29. The maximum absolute atomic E-state index is 5.26. The number of methoxy groups -OCH3 is 2. The standard InChI is InChI=1S/C12H16O3S/c1-13-11-4-3-10(5-12(11)14-2)16-8-9-6-15-7-9/h3-5,9H,6-8H2,1-2H3. The number of rotatable bonds is 5. The summed E-state index contributed by atoms with van der Waals surface area (Å²) in [5, 5.41) is 0. The zero-order valence-corrected chi connectivity index (χ0v) is 10.4. The normalized spacial score (nSPS) is 15.6. The van der Waals surface area contributed by atoms with E-state index in [-0.39, 0.29) is 0 Å². The van der Waals surface area contributed by atoms with Gasteiger partial charge in [0, 0.05) is 16.6 Å². The van der Waals surface area contributed by atoms with E-state index in [2.05, 4.69) is 6.07 Å². The highest BCUT2D eigenvalue weighted by molar-refractivity contribution is 7.99. The Morgan fingerprint density at radius 3 is 2.56 bits per heavy atom. The fourth-order valence-corrected chi connectivity index (χ4v) is 2.48. The van der Waals surface area contributed by atoms with Gasteiger partial charge in [0.2, 0.25) is 0 Å². The van der Waals surface area contributed by atoms with Gasteiger partial charge < -0.3 is 14.2 Å². The van der Waals surface area contributed by atoms with Crippen LogP contribution in [0.4, 0.5) is 0 Å². The minimum absolute atomic E-state index is 0.707. The molecule has 1 heterocycles. The zero-order chi connectivity index (χ0) is 11.4. The van der Waals surface area contributed by atoms with Crippen molar-refractivity contribution >= 4 is 11.8 Å². The summed E-state index contributed by atoms with van der Waals surface area (Å²) in [6.07, 6.45) is 0. The summed E-state index contributed by atoms with van der Waals surface area (Å²) in [6, 6.07) is 6.02. The van der Waals surface area contributed by atoms with Crippen LogP contribution in [-0.4, -0.2) is 33.2 Å². The molecule has 1 fully saturated rings. The van der Waals surface area contributed by atoms with Crippen LogP contribution < -0.4 is 9.47 Å². The lowest BCUT2D eigenvalue weighted by molar-refractivity contribution is -0.0196. The van der Waals surface area contributed by atoms with Crippen LogP contribution in [0.15, 0.2) is 23.1 Å². The molecule has 0 atom stereocenters. The van der Waals surface area contributed by atoms with Crippen molar-refractivity contribution < 1.29 is 14.2 Å². The van der Waals surface area contributed by atoms with E-state index in [1.165, 1.54) is 4.90 Å². The van der Waals surface area contributed by atoms with Gasteiger partial charge in [-0.15, -0.1) is 11.8 Å². The molecule has 0 N–H and O–H groups in total. The summed E-state index contributed by atoms with van der Waals surface area (Å²) >= 11 is 1.84. The van der Waals surface area contributed by atoms with Crippen LogP contribution in [0.5, 0.6) is 11.5 Å². The summed E-state index contributed by atoms with van der Waals surface area (Å²) in [6.45, 7) is 1.81. The predicted octanol–water partition coefficient (Wildman–Crippen LogP) is 2.44. The second-order valence-electron chi connectivity index (χ2n) is 3.73. The fourth-order valence-electron chi connectivity index (χ4n) is 1.50. The lowest BCUT2D eigenvalue weighted by Gasteiger charge is -2.25. The summed E-state index contributed by atoms with van der Waals surface area (Å²) < 4.78 is 15.6. The van der Waals surface area contributed by atoms with Crippen LogP contribution in [0.3, 0.4) is 0 Å². The van der Waals surface area contributed by atoms with Gasteiger partial charge in [0.15, 0.2) is 11.5 Å². The van der Waals surface area contributed by atoms with Crippen LogP contribution >= 0.6 is 11.8 Å². The summed E-state index contributed by atoms with van der Waals surface area (Å²) in [7, 11) is 3.31. The van der Waals surface area contributed by atoms with Crippen molar-refractivity contribution in [1.29, 1.82) is 0 Å². The first-order valence-corrected chi connectivity index (χ1v) is 6.24. The third-order valence-corrected chi connectivity index (χ3v) is 3.77. The van der Waals surface area contributed by atoms with Gasteiger partial charge in [-0.25, -0.2) is 0 Å². The van der Waals surface area contributed by atoms with Crippen LogP contribution in [0, 0.1) is 5.92 Å². The molecule has 16 heavy (non-hydrogen) atoms. The van der Waals surface area contributed by atoms with E-state index in [0.717, 1.165) is 30.5 Å². The third-order valence-electron chi connectivity index (χ3n) is 2.55. The molecule has 0 aliphatic carbocycles. The monoisotopic (exact) mass is 240 g/mol. The van der Waals surface area contributed by atoms with Crippen LogP contribution in [-0.2, 0) is 4.74 Å². The van der Waals surface area contributed by atoms with E-state index in [0.29, 0.717) is 5.92 Å². The number of hydrogen-bond acceptors (Lipinski definition) is 4. The van der Waals surface area contributed by atoms with Gasteiger partial charge in [0.1, 0.15) is 0 Å². The molecule has 2 rings (SSSR count). The van der Waals surface area contributed by atoms with Gasteiger partial charge in [-0.1, -0.05) is 0 Å². The summed E-state index contributed by atoms with van der Waals surface area (Å²) in [5.74, 6) is 3.38. The molecule has 0 saturated carbocycles. The molecule has 4 heteroatoms. The number of thioether (sulfide) groups is 1. The van der Waals surface area contributed by atoms with E-state index < -0.39 is 0 Å². The van der Waals surface area contributed by atoms with Crippen LogP contribution in [0.1, 0.15) is 0 Å². The Kier molecular flexibility index (Phi) is 3.96. The summed E-state index contributed by atoms with van der Waals surface area (Å²) in [5.41, 5.74) is 0. The molecule has 0 unspecified atom stereocenters. The maximum Gasteiger partial charge on any atom is 0.161 e. The average molecular weight is 240 g/mol. The average Bonchev–Trinajstić information content (AvgIpc) is 2.26. The molecular weight excluding hydrogens is 224 g/mol. The molecule has 1 aromatic carbocycles. The Hall–Kier alpha value is -0.870. The zero-order valence-electron chi connectivity index (χ0n) is 9.56. The van der Waals surface area contributed by atoms with E-state index in [1.54, 1.807) is 14.2 Å². The molecule has 0 aromatic heterocycles. The number of ether oxygens (including phenoxy) is 3. The Balaban J connectivity index is 1.97. The van der Waals surface area contributed by atoms with Crippen molar-refractivity contribution in [2.75, 3.05) is 33.2 Å². The van der Waals surface area contributed by atoms with Gasteiger partial charge in [-0.05, 0) is 18.2 Å². The molecule has 0 spiro atoms. The van der Waals surface area contributed by atoms with Crippen molar-refractivity contribution in [3.63, 3.8) is 0 Å². The molecule has 0 bridgehead atoms. The fraction of sp³-hybridized carbons (Fsp3) is 0.500. The van der Waals surface area contributed by atoms with Crippen molar-refractivity contribution in [1.82, 2.24) is 0 Å². The first kappa shape index (κ1) is 11.6. The quantitative estimate of drug-likeness (QED) is 0.739. The van der Waals surface area contributed by atoms with E-state index in [1.807, 2.05) is 23.9 Å². The maximum atomic E-state index is 5.26. The minimum Gasteiger partial charge on any atom is -0.493 e. The second-order valence-corrected chi connectivity index (χ2v) is 4.82. The first-order valence-electron chi connectivity index (χ1n) is 5.26. The largest absolute Gasteiger partial charge is 0.493 e. The lowest BCUT2D eigenvalue weighted by atomic mass is 10.1. The minimum atomic E-state index is 0.707. The van der Waals surface area contributed by atoms with Crippen molar-refractivity contribution in [2.24, 2.45) is 5.92 Å². The van der Waals surface area contributed by atoms with Gasteiger partial charge in [-0.3, -0.25) is 0 Å². The molecule has 1 aliphatic heterocycles. The highest BCUT2D eigenvalue weighted by Crippen LogP contribution is 2.33. The third kappa shape index (κ3) is 2.62. The number of benzene rings is 1. The van der Waals surface area contributed by atoms with Crippen molar-refractivity contribution in [3.8, 4) is 11.5 Å². The first-order chi connectivity index (χ1) is 7.83. The van der Waals surface area contributed by atoms with Crippen LogP contribution in [0.2, 0.25) is 0 Å². The Morgan fingerprint density at radius 2 is 2.00 bits per heavy atom. The molecule has 3 nitrogen and oxygen atoms in total. The molecule has 88 valence electrons.